The van der Waals surface area contributed by atoms with Gasteiger partial charge in [-0.2, -0.15) is 5.10 Å². The molecule has 0 saturated carbocycles. The summed E-state index contributed by atoms with van der Waals surface area (Å²) in [6.07, 6.45) is 0.878. The maximum Gasteiger partial charge on any atom is 0.262 e. The number of rotatable bonds is 10. The highest BCUT2D eigenvalue weighted by Crippen LogP contribution is 2.34. The monoisotopic (exact) mass is 453 g/mol. The first-order chi connectivity index (χ1) is 16.0. The second-order valence-corrected chi connectivity index (χ2v) is 7.67. The standard InChI is InChI=1S/C25H31N3O5/c1-5-24(29)27(14-15-31-2)17-25(30)28-23(19-8-12-21(33-4)13-9-19)16-22(26-28)18-6-10-20(32-3)11-7-18/h6-13,23H,5,14-17H2,1-4H3/t23-/m0/s1. The largest absolute Gasteiger partial charge is 0.497 e. The molecule has 0 aromatic heterocycles. The SMILES string of the molecule is CCC(=O)N(CCOC)CC(=O)N1N=C(c2ccc(OC)cc2)C[C@H]1c1ccc(OC)cc1. The first kappa shape index (κ1) is 24.3. The third-order valence-electron chi connectivity index (χ3n) is 5.64. The van der Waals surface area contributed by atoms with Crippen LogP contribution < -0.4 is 9.47 Å². The first-order valence-electron chi connectivity index (χ1n) is 10.9. The Morgan fingerprint density at radius 1 is 1.00 bits per heavy atom. The number of amides is 2. The van der Waals surface area contributed by atoms with Gasteiger partial charge in [0.15, 0.2) is 0 Å². The molecule has 1 aliphatic heterocycles. The Kier molecular flexibility index (Phi) is 8.43. The molecule has 33 heavy (non-hydrogen) atoms. The molecule has 0 N–H and O–H groups in total. The van der Waals surface area contributed by atoms with Crippen LogP contribution >= 0.6 is 0 Å². The molecule has 2 aromatic carbocycles. The fraction of sp³-hybridized carbons (Fsp3) is 0.400. The van der Waals surface area contributed by atoms with E-state index in [1.54, 1.807) is 28.3 Å². The van der Waals surface area contributed by atoms with E-state index in [4.69, 9.17) is 19.3 Å². The highest BCUT2D eigenvalue weighted by atomic mass is 16.5. The van der Waals surface area contributed by atoms with E-state index in [9.17, 15) is 9.59 Å². The zero-order valence-corrected chi connectivity index (χ0v) is 19.6. The lowest BCUT2D eigenvalue weighted by Gasteiger charge is -2.26. The van der Waals surface area contributed by atoms with Gasteiger partial charge in [-0.15, -0.1) is 0 Å². The number of methoxy groups -OCH3 is 3. The summed E-state index contributed by atoms with van der Waals surface area (Å²) in [5, 5.41) is 6.20. The van der Waals surface area contributed by atoms with E-state index in [0.29, 0.717) is 26.0 Å². The van der Waals surface area contributed by atoms with Gasteiger partial charge in [0.2, 0.25) is 5.91 Å². The van der Waals surface area contributed by atoms with Crippen molar-refractivity contribution in [3.8, 4) is 11.5 Å². The van der Waals surface area contributed by atoms with Crippen LogP contribution in [-0.4, -0.2) is 68.5 Å². The molecule has 0 bridgehead atoms. The fourth-order valence-corrected chi connectivity index (χ4v) is 3.74. The molecule has 0 saturated heterocycles. The first-order valence-corrected chi connectivity index (χ1v) is 10.9. The van der Waals surface area contributed by atoms with Gasteiger partial charge in [0, 0.05) is 26.5 Å². The minimum atomic E-state index is -0.276. The van der Waals surface area contributed by atoms with Crippen LogP contribution in [0, 0.1) is 0 Å². The molecule has 0 unspecified atom stereocenters. The van der Waals surface area contributed by atoms with Gasteiger partial charge in [-0.3, -0.25) is 9.59 Å². The average Bonchev–Trinajstić information content (AvgIpc) is 3.31. The van der Waals surface area contributed by atoms with E-state index in [0.717, 1.165) is 28.3 Å². The van der Waals surface area contributed by atoms with Crippen molar-refractivity contribution in [1.82, 2.24) is 9.91 Å². The van der Waals surface area contributed by atoms with E-state index in [1.165, 1.54) is 9.91 Å². The third-order valence-corrected chi connectivity index (χ3v) is 5.64. The second-order valence-electron chi connectivity index (χ2n) is 7.67. The van der Waals surface area contributed by atoms with Crippen LogP contribution in [0.2, 0.25) is 0 Å². The summed E-state index contributed by atoms with van der Waals surface area (Å²) >= 11 is 0. The van der Waals surface area contributed by atoms with Gasteiger partial charge in [0.1, 0.15) is 18.0 Å². The van der Waals surface area contributed by atoms with Crippen molar-refractivity contribution >= 4 is 17.5 Å². The number of ether oxygens (including phenoxy) is 3. The van der Waals surface area contributed by atoms with Crippen molar-refractivity contribution in [3.63, 3.8) is 0 Å². The number of nitrogens with zero attached hydrogens (tertiary/aromatic N) is 3. The maximum absolute atomic E-state index is 13.4. The highest BCUT2D eigenvalue weighted by molar-refractivity contribution is 6.03. The molecule has 2 aromatic rings. The topological polar surface area (TPSA) is 80.7 Å². The summed E-state index contributed by atoms with van der Waals surface area (Å²) < 4.78 is 15.6. The van der Waals surface area contributed by atoms with Crippen molar-refractivity contribution in [2.45, 2.75) is 25.8 Å². The lowest BCUT2D eigenvalue weighted by molar-refractivity contribution is -0.141. The van der Waals surface area contributed by atoms with Crippen molar-refractivity contribution in [2.24, 2.45) is 5.10 Å². The van der Waals surface area contributed by atoms with Crippen LogP contribution in [0.5, 0.6) is 11.5 Å². The van der Waals surface area contributed by atoms with Crippen LogP contribution in [0.3, 0.4) is 0 Å². The summed E-state index contributed by atoms with van der Waals surface area (Å²) in [7, 11) is 4.81. The molecule has 8 heteroatoms. The quantitative estimate of drug-likeness (QED) is 0.552. The highest BCUT2D eigenvalue weighted by Gasteiger charge is 2.34. The minimum Gasteiger partial charge on any atom is -0.497 e. The smallest absolute Gasteiger partial charge is 0.262 e. The molecule has 0 fully saturated rings. The Morgan fingerprint density at radius 2 is 1.61 bits per heavy atom. The number of carbonyl (C=O) groups is 2. The van der Waals surface area contributed by atoms with Crippen molar-refractivity contribution in [2.75, 3.05) is 41.0 Å². The van der Waals surface area contributed by atoms with Crippen LogP contribution in [0.4, 0.5) is 0 Å². The van der Waals surface area contributed by atoms with Crippen LogP contribution in [-0.2, 0) is 14.3 Å². The predicted octanol–water partition coefficient (Wildman–Crippen LogP) is 3.27. The lowest BCUT2D eigenvalue weighted by Crippen LogP contribution is -2.42. The molecular weight excluding hydrogens is 422 g/mol. The molecule has 176 valence electrons. The summed E-state index contributed by atoms with van der Waals surface area (Å²) in [5.74, 6) is 1.16. The van der Waals surface area contributed by atoms with Gasteiger partial charge < -0.3 is 19.1 Å². The number of benzene rings is 2. The van der Waals surface area contributed by atoms with Crippen LogP contribution in [0.15, 0.2) is 53.6 Å². The Morgan fingerprint density at radius 3 is 2.15 bits per heavy atom. The van der Waals surface area contributed by atoms with Gasteiger partial charge in [-0.05, 0) is 47.5 Å². The number of carbonyl (C=O) groups excluding carboxylic acids is 2. The van der Waals surface area contributed by atoms with Crippen LogP contribution in [0.25, 0.3) is 0 Å². The Balaban J connectivity index is 1.89. The summed E-state index contributed by atoms with van der Waals surface area (Å²) in [4.78, 5) is 27.3. The fourth-order valence-electron chi connectivity index (χ4n) is 3.74. The third kappa shape index (κ3) is 5.90. The molecule has 1 heterocycles. The molecule has 3 rings (SSSR count). The Hall–Kier alpha value is -3.39. The van der Waals surface area contributed by atoms with E-state index >= 15 is 0 Å². The summed E-state index contributed by atoms with van der Waals surface area (Å²) in [6.45, 7) is 2.44. The average molecular weight is 454 g/mol. The zero-order valence-electron chi connectivity index (χ0n) is 19.6. The zero-order chi connectivity index (χ0) is 23.8. The molecule has 1 atom stereocenters. The van der Waals surface area contributed by atoms with E-state index in [-0.39, 0.29) is 24.4 Å². The molecule has 8 nitrogen and oxygen atoms in total. The predicted molar refractivity (Wildman–Crippen MR) is 125 cm³/mol. The molecule has 0 aliphatic carbocycles. The molecule has 1 aliphatic rings. The van der Waals surface area contributed by atoms with Crippen molar-refractivity contribution in [1.29, 1.82) is 0 Å². The molecule has 2 amide bonds. The summed E-state index contributed by atoms with van der Waals surface area (Å²) in [5.41, 5.74) is 2.67. The van der Waals surface area contributed by atoms with Gasteiger partial charge >= 0.3 is 0 Å². The minimum absolute atomic E-state index is 0.0535. The Labute approximate surface area is 194 Å². The van der Waals surface area contributed by atoms with Crippen molar-refractivity contribution in [3.05, 3.63) is 59.7 Å². The number of hydrogen-bond acceptors (Lipinski definition) is 6. The lowest BCUT2D eigenvalue weighted by atomic mass is 9.98. The Bertz CT molecular complexity index is 973. The van der Waals surface area contributed by atoms with Gasteiger partial charge in [-0.1, -0.05) is 19.1 Å². The normalized spacial score (nSPS) is 15.2. The van der Waals surface area contributed by atoms with Gasteiger partial charge in [0.25, 0.3) is 5.91 Å². The van der Waals surface area contributed by atoms with Crippen LogP contribution in [0.1, 0.15) is 36.9 Å². The second kappa shape index (κ2) is 11.5. The molecule has 0 radical (unpaired) electrons. The number of hydrazone groups is 1. The van der Waals surface area contributed by atoms with E-state index in [2.05, 4.69) is 0 Å². The van der Waals surface area contributed by atoms with E-state index in [1.807, 2.05) is 48.5 Å². The van der Waals surface area contributed by atoms with Crippen molar-refractivity contribution < 1.29 is 23.8 Å². The maximum atomic E-state index is 13.4. The van der Waals surface area contributed by atoms with E-state index < -0.39 is 0 Å². The molecular formula is C25H31N3O5. The summed E-state index contributed by atoms with van der Waals surface area (Å²) in [6, 6.07) is 15.0. The molecule has 0 spiro atoms. The number of hydrogen-bond donors (Lipinski definition) is 0. The van der Waals surface area contributed by atoms with Gasteiger partial charge in [0.05, 0.1) is 32.6 Å². The van der Waals surface area contributed by atoms with Gasteiger partial charge in [-0.25, -0.2) is 5.01 Å².